The van der Waals surface area contributed by atoms with Crippen molar-refractivity contribution in [2.75, 3.05) is 50.7 Å². The third-order valence-corrected chi connectivity index (χ3v) is 6.05. The number of benzene rings is 2. The van der Waals surface area contributed by atoms with Gasteiger partial charge < -0.3 is 20.0 Å². The predicted molar refractivity (Wildman–Crippen MR) is 112 cm³/mol. The summed E-state index contributed by atoms with van der Waals surface area (Å²) in [4.78, 5) is 17.9. The molecule has 0 spiro atoms. The molecule has 2 aliphatic rings. The van der Waals surface area contributed by atoms with Crippen molar-refractivity contribution in [3.63, 3.8) is 0 Å². The Morgan fingerprint density at radius 2 is 1.61 bits per heavy atom. The van der Waals surface area contributed by atoms with Gasteiger partial charge in [-0.15, -0.1) is 0 Å². The normalized spacial score (nSPS) is 22.9. The molecular weight excluding hydrogens is 348 g/mol. The third kappa shape index (κ3) is 5.12. The van der Waals surface area contributed by atoms with E-state index in [1.54, 1.807) is 4.90 Å². The lowest BCUT2D eigenvalue weighted by Gasteiger charge is -2.33. The molecule has 2 aromatic carbocycles. The van der Waals surface area contributed by atoms with Gasteiger partial charge in [-0.1, -0.05) is 48.5 Å². The second-order valence-electron chi connectivity index (χ2n) is 8.17. The summed E-state index contributed by atoms with van der Waals surface area (Å²) in [5.74, 6) is 0.217. The smallest absolute Gasteiger partial charge is 0.275 e. The number of hydrogen-bond donors (Lipinski definition) is 3. The summed E-state index contributed by atoms with van der Waals surface area (Å²) in [7, 11) is 0. The number of quaternary nitrogens is 2. The molecule has 1 amide bonds. The third-order valence-electron chi connectivity index (χ3n) is 6.05. The average Bonchev–Trinajstić information content (AvgIpc) is 3.16. The largest absolute Gasteiger partial charge is 0.360 e. The summed E-state index contributed by atoms with van der Waals surface area (Å²) < 4.78 is 0. The number of carbonyl (C=O) groups is 1. The van der Waals surface area contributed by atoms with Gasteiger partial charge in [0, 0.05) is 17.7 Å². The SMILES string of the molecule is O=C(C[NH+]1CCN(c2ccccc2)CC1)N[C@@H]1CC[NH+](Cc2ccccc2)C1. The standard InChI is InChI=1S/C23H30N4O/c28-23(19-25-13-15-27(16-14-25)22-9-5-2-6-10-22)24-21-11-12-26(18-21)17-20-7-3-1-4-8-20/h1-10,21H,11-19H2,(H,24,28)/p+2/t21-/m1/s1. The van der Waals surface area contributed by atoms with Crippen molar-refractivity contribution in [3.05, 3.63) is 66.2 Å². The van der Waals surface area contributed by atoms with Gasteiger partial charge in [0.15, 0.2) is 6.54 Å². The van der Waals surface area contributed by atoms with E-state index < -0.39 is 0 Å². The highest BCUT2D eigenvalue weighted by molar-refractivity contribution is 5.77. The molecule has 2 saturated heterocycles. The lowest BCUT2D eigenvalue weighted by atomic mass is 10.2. The average molecular weight is 381 g/mol. The van der Waals surface area contributed by atoms with Crippen LogP contribution in [0.5, 0.6) is 0 Å². The molecule has 2 aliphatic heterocycles. The van der Waals surface area contributed by atoms with Gasteiger partial charge in [-0.2, -0.15) is 0 Å². The predicted octanol–water partition coefficient (Wildman–Crippen LogP) is -0.635. The van der Waals surface area contributed by atoms with Crippen LogP contribution >= 0.6 is 0 Å². The van der Waals surface area contributed by atoms with E-state index in [1.807, 2.05) is 0 Å². The summed E-state index contributed by atoms with van der Waals surface area (Å²) in [6.07, 6.45) is 1.09. The van der Waals surface area contributed by atoms with Gasteiger partial charge in [0.25, 0.3) is 5.91 Å². The van der Waals surface area contributed by atoms with Crippen LogP contribution in [-0.2, 0) is 11.3 Å². The molecule has 0 radical (unpaired) electrons. The van der Waals surface area contributed by atoms with Crippen molar-refractivity contribution in [1.82, 2.24) is 5.32 Å². The molecule has 0 aliphatic carbocycles. The second-order valence-corrected chi connectivity index (χ2v) is 8.17. The Kier molecular flexibility index (Phi) is 6.24. The van der Waals surface area contributed by atoms with E-state index in [9.17, 15) is 4.79 Å². The Bertz CT molecular complexity index is 738. The fraction of sp³-hybridized carbons (Fsp3) is 0.435. The van der Waals surface area contributed by atoms with Crippen LogP contribution in [-0.4, -0.2) is 57.8 Å². The zero-order valence-electron chi connectivity index (χ0n) is 16.6. The fourth-order valence-corrected chi connectivity index (χ4v) is 4.50. The van der Waals surface area contributed by atoms with Crippen LogP contribution in [0, 0.1) is 0 Å². The number of nitrogens with zero attached hydrogens (tertiary/aromatic N) is 1. The number of carbonyl (C=O) groups excluding carboxylic acids is 1. The molecule has 5 nitrogen and oxygen atoms in total. The van der Waals surface area contributed by atoms with Crippen LogP contribution < -0.4 is 20.0 Å². The van der Waals surface area contributed by atoms with Crippen molar-refractivity contribution in [1.29, 1.82) is 0 Å². The monoisotopic (exact) mass is 380 g/mol. The number of hydrogen-bond acceptors (Lipinski definition) is 2. The first-order chi connectivity index (χ1) is 13.8. The maximum atomic E-state index is 12.5. The minimum atomic E-state index is 0.217. The molecule has 4 rings (SSSR count). The van der Waals surface area contributed by atoms with E-state index in [2.05, 4.69) is 70.9 Å². The summed E-state index contributed by atoms with van der Waals surface area (Å²) in [5.41, 5.74) is 2.67. The summed E-state index contributed by atoms with van der Waals surface area (Å²) in [5, 5.41) is 3.29. The molecule has 0 bridgehead atoms. The highest BCUT2D eigenvalue weighted by Gasteiger charge is 2.29. The van der Waals surface area contributed by atoms with Gasteiger partial charge in [0.05, 0.1) is 45.3 Å². The molecule has 2 heterocycles. The van der Waals surface area contributed by atoms with Crippen LogP contribution in [0.2, 0.25) is 0 Å². The number of para-hydroxylation sites is 1. The van der Waals surface area contributed by atoms with Gasteiger partial charge in [-0.25, -0.2) is 0 Å². The topological polar surface area (TPSA) is 41.2 Å². The molecule has 28 heavy (non-hydrogen) atoms. The summed E-state index contributed by atoms with van der Waals surface area (Å²) in [6, 6.07) is 21.6. The molecule has 2 atom stereocenters. The number of piperazine rings is 1. The quantitative estimate of drug-likeness (QED) is 0.624. The van der Waals surface area contributed by atoms with Crippen LogP contribution in [0.1, 0.15) is 12.0 Å². The van der Waals surface area contributed by atoms with Crippen LogP contribution in [0.15, 0.2) is 60.7 Å². The Balaban J connectivity index is 1.17. The Labute approximate surface area is 167 Å². The highest BCUT2D eigenvalue weighted by atomic mass is 16.2. The summed E-state index contributed by atoms with van der Waals surface area (Å²) >= 11 is 0. The van der Waals surface area contributed by atoms with Gasteiger partial charge in [-0.05, 0) is 12.1 Å². The maximum absolute atomic E-state index is 12.5. The van der Waals surface area contributed by atoms with E-state index in [0.717, 1.165) is 52.2 Å². The zero-order valence-corrected chi connectivity index (χ0v) is 16.6. The molecule has 5 heteroatoms. The first kappa shape index (κ1) is 19.0. The van der Waals surface area contributed by atoms with E-state index in [4.69, 9.17) is 0 Å². The summed E-state index contributed by atoms with van der Waals surface area (Å²) in [6.45, 7) is 7.93. The van der Waals surface area contributed by atoms with Gasteiger partial charge in [-0.3, -0.25) is 4.79 Å². The van der Waals surface area contributed by atoms with Gasteiger partial charge >= 0.3 is 0 Å². The first-order valence-electron chi connectivity index (χ1n) is 10.6. The van der Waals surface area contributed by atoms with E-state index in [1.165, 1.54) is 16.2 Å². The molecule has 2 aromatic rings. The Morgan fingerprint density at radius 1 is 0.929 bits per heavy atom. The van der Waals surface area contributed by atoms with Crippen molar-refractivity contribution in [3.8, 4) is 0 Å². The zero-order chi connectivity index (χ0) is 19.2. The molecule has 148 valence electrons. The maximum Gasteiger partial charge on any atom is 0.275 e. The molecule has 2 fully saturated rings. The van der Waals surface area contributed by atoms with Crippen molar-refractivity contribution in [2.24, 2.45) is 0 Å². The van der Waals surface area contributed by atoms with Crippen molar-refractivity contribution < 1.29 is 14.6 Å². The van der Waals surface area contributed by atoms with Crippen molar-refractivity contribution in [2.45, 2.75) is 19.0 Å². The number of amides is 1. The number of likely N-dealkylation sites (tertiary alicyclic amines) is 1. The van der Waals surface area contributed by atoms with Crippen LogP contribution in [0.25, 0.3) is 0 Å². The Morgan fingerprint density at radius 3 is 2.32 bits per heavy atom. The second kappa shape index (κ2) is 9.22. The molecule has 3 N–H and O–H groups in total. The van der Waals surface area contributed by atoms with E-state index >= 15 is 0 Å². The first-order valence-corrected chi connectivity index (χ1v) is 10.6. The highest BCUT2D eigenvalue weighted by Crippen LogP contribution is 2.12. The minimum absolute atomic E-state index is 0.217. The molecular formula is C23H32N4O+2. The molecule has 0 aromatic heterocycles. The van der Waals surface area contributed by atoms with Crippen molar-refractivity contribution >= 4 is 11.6 Å². The van der Waals surface area contributed by atoms with Gasteiger partial charge in [0.2, 0.25) is 0 Å². The number of anilines is 1. The van der Waals surface area contributed by atoms with Crippen LogP contribution in [0.4, 0.5) is 5.69 Å². The minimum Gasteiger partial charge on any atom is -0.360 e. The Hall–Kier alpha value is -2.37. The molecule has 0 saturated carbocycles. The number of nitrogens with one attached hydrogen (secondary N) is 3. The van der Waals surface area contributed by atoms with Gasteiger partial charge in [0.1, 0.15) is 6.54 Å². The lowest BCUT2D eigenvalue weighted by molar-refractivity contribution is -0.901. The van der Waals surface area contributed by atoms with E-state index in [-0.39, 0.29) is 5.91 Å². The lowest BCUT2D eigenvalue weighted by Crippen LogP contribution is -3.16. The van der Waals surface area contributed by atoms with E-state index in [0.29, 0.717) is 12.6 Å². The molecule has 1 unspecified atom stereocenters. The number of rotatable bonds is 6. The van der Waals surface area contributed by atoms with Crippen LogP contribution in [0.3, 0.4) is 0 Å². The fourth-order valence-electron chi connectivity index (χ4n) is 4.50.